The number of hydrogen-bond acceptors (Lipinski definition) is 2. The molecule has 1 N–H and O–H groups in total. The summed E-state index contributed by atoms with van der Waals surface area (Å²) in [6.07, 6.45) is 0.651. The molecule has 5 heteroatoms. The van der Waals surface area contributed by atoms with Crippen LogP contribution < -0.4 is 0 Å². The molecule has 0 aliphatic heterocycles. The zero-order valence-electron chi connectivity index (χ0n) is 9.23. The smallest absolute Gasteiger partial charge is 0.309 e. The van der Waals surface area contributed by atoms with Gasteiger partial charge in [-0.1, -0.05) is 12.1 Å². The van der Waals surface area contributed by atoms with Crippen LogP contribution in [-0.2, 0) is 11.2 Å². The van der Waals surface area contributed by atoms with E-state index in [-0.39, 0.29) is 12.1 Å². The molecule has 1 aromatic heterocycles. The maximum Gasteiger partial charge on any atom is 0.309 e. The summed E-state index contributed by atoms with van der Waals surface area (Å²) in [4.78, 5) is 14.5. The number of carboxylic acid groups (broad SMARTS) is 1. The van der Waals surface area contributed by atoms with Gasteiger partial charge in [0.25, 0.3) is 0 Å². The molecule has 1 aromatic carbocycles. The molecule has 0 aliphatic rings. The SMILES string of the molecule is O=C(O)Cc1ncc(F)cc1-c1ccc(F)cc1. The summed E-state index contributed by atoms with van der Waals surface area (Å²) in [5.74, 6) is -2.04. The number of pyridine rings is 1. The van der Waals surface area contributed by atoms with Crippen LogP contribution in [0.2, 0.25) is 0 Å². The van der Waals surface area contributed by atoms with E-state index in [1.165, 1.54) is 30.3 Å². The molecule has 0 radical (unpaired) electrons. The van der Waals surface area contributed by atoms with Crippen LogP contribution in [-0.4, -0.2) is 16.1 Å². The second-order valence-corrected chi connectivity index (χ2v) is 3.73. The van der Waals surface area contributed by atoms with Crippen molar-refractivity contribution in [3.63, 3.8) is 0 Å². The number of aliphatic carboxylic acids is 1. The van der Waals surface area contributed by atoms with Gasteiger partial charge in [0.05, 0.1) is 18.3 Å². The van der Waals surface area contributed by atoms with Crippen molar-refractivity contribution < 1.29 is 18.7 Å². The lowest BCUT2D eigenvalue weighted by atomic mass is 10.0. The molecule has 2 aromatic rings. The van der Waals surface area contributed by atoms with Crippen LogP contribution in [0.1, 0.15) is 5.69 Å². The van der Waals surface area contributed by atoms with Gasteiger partial charge < -0.3 is 5.11 Å². The Morgan fingerprint density at radius 3 is 2.44 bits per heavy atom. The largest absolute Gasteiger partial charge is 0.481 e. The highest BCUT2D eigenvalue weighted by Gasteiger charge is 2.11. The number of nitrogens with zero attached hydrogens (tertiary/aromatic N) is 1. The number of benzene rings is 1. The van der Waals surface area contributed by atoms with Gasteiger partial charge in [0.1, 0.15) is 11.6 Å². The first-order chi connectivity index (χ1) is 8.56. The van der Waals surface area contributed by atoms with E-state index in [0.717, 1.165) is 6.20 Å². The monoisotopic (exact) mass is 249 g/mol. The summed E-state index contributed by atoms with van der Waals surface area (Å²) in [7, 11) is 0. The van der Waals surface area contributed by atoms with Crippen LogP contribution in [0.4, 0.5) is 8.78 Å². The van der Waals surface area contributed by atoms with E-state index >= 15 is 0 Å². The molecule has 0 saturated carbocycles. The Labute approximate surface area is 102 Å². The maximum absolute atomic E-state index is 13.2. The van der Waals surface area contributed by atoms with Gasteiger partial charge in [-0.25, -0.2) is 8.78 Å². The predicted molar refractivity (Wildman–Crippen MR) is 60.9 cm³/mol. The predicted octanol–water partition coefficient (Wildman–Crippen LogP) is 2.65. The summed E-state index contributed by atoms with van der Waals surface area (Å²) < 4.78 is 26.0. The summed E-state index contributed by atoms with van der Waals surface area (Å²) in [5, 5.41) is 8.76. The fraction of sp³-hybridized carbons (Fsp3) is 0.0769. The van der Waals surface area contributed by atoms with Crippen LogP contribution >= 0.6 is 0 Å². The van der Waals surface area contributed by atoms with Gasteiger partial charge in [-0.15, -0.1) is 0 Å². The molecular formula is C13H9F2NO2. The Hall–Kier alpha value is -2.30. The average Bonchev–Trinajstić information content (AvgIpc) is 2.32. The lowest BCUT2D eigenvalue weighted by Gasteiger charge is -2.07. The molecule has 0 spiro atoms. The Balaban J connectivity index is 2.50. The van der Waals surface area contributed by atoms with E-state index in [1.54, 1.807) is 0 Å². The molecule has 1 heterocycles. The van der Waals surface area contributed by atoms with Crippen molar-refractivity contribution in [2.45, 2.75) is 6.42 Å². The third-order valence-electron chi connectivity index (χ3n) is 2.41. The zero-order chi connectivity index (χ0) is 13.1. The van der Waals surface area contributed by atoms with Crippen LogP contribution in [0, 0.1) is 11.6 Å². The Morgan fingerprint density at radius 2 is 1.83 bits per heavy atom. The Bertz CT molecular complexity index is 582. The zero-order valence-corrected chi connectivity index (χ0v) is 9.23. The summed E-state index contributed by atoms with van der Waals surface area (Å²) in [5.41, 5.74) is 1.13. The molecule has 0 saturated heterocycles. The van der Waals surface area contributed by atoms with E-state index in [2.05, 4.69) is 4.98 Å². The fourth-order valence-electron chi connectivity index (χ4n) is 1.63. The van der Waals surface area contributed by atoms with Crippen LogP contribution in [0.15, 0.2) is 36.5 Å². The van der Waals surface area contributed by atoms with E-state index in [9.17, 15) is 13.6 Å². The minimum atomic E-state index is -1.06. The first kappa shape index (κ1) is 12.2. The van der Waals surface area contributed by atoms with Gasteiger partial charge in [-0.05, 0) is 23.8 Å². The van der Waals surface area contributed by atoms with Crippen molar-refractivity contribution >= 4 is 5.97 Å². The summed E-state index contributed by atoms with van der Waals surface area (Å²) in [6, 6.07) is 6.56. The van der Waals surface area contributed by atoms with Crippen molar-refractivity contribution in [3.8, 4) is 11.1 Å². The first-order valence-corrected chi connectivity index (χ1v) is 5.18. The van der Waals surface area contributed by atoms with E-state index < -0.39 is 17.6 Å². The van der Waals surface area contributed by atoms with Gasteiger partial charge in [0.15, 0.2) is 0 Å². The first-order valence-electron chi connectivity index (χ1n) is 5.18. The highest BCUT2D eigenvalue weighted by atomic mass is 19.1. The van der Waals surface area contributed by atoms with Crippen LogP contribution in [0.3, 0.4) is 0 Å². The standard InChI is InChI=1S/C13H9F2NO2/c14-9-3-1-8(2-4-9)11-5-10(15)7-16-12(11)6-13(17)18/h1-5,7H,6H2,(H,17,18). The lowest BCUT2D eigenvalue weighted by molar-refractivity contribution is -0.136. The normalized spacial score (nSPS) is 10.3. The molecule has 18 heavy (non-hydrogen) atoms. The van der Waals surface area contributed by atoms with Crippen molar-refractivity contribution in [3.05, 3.63) is 53.9 Å². The second kappa shape index (κ2) is 4.91. The van der Waals surface area contributed by atoms with Gasteiger partial charge >= 0.3 is 5.97 Å². The molecule has 3 nitrogen and oxygen atoms in total. The molecule has 0 bridgehead atoms. The highest BCUT2D eigenvalue weighted by molar-refractivity contribution is 5.75. The Morgan fingerprint density at radius 1 is 1.17 bits per heavy atom. The summed E-state index contributed by atoms with van der Waals surface area (Å²) >= 11 is 0. The molecule has 0 atom stereocenters. The van der Waals surface area contributed by atoms with Crippen molar-refractivity contribution in [1.82, 2.24) is 4.98 Å². The fourth-order valence-corrected chi connectivity index (χ4v) is 1.63. The van der Waals surface area contributed by atoms with Gasteiger partial charge in [-0.3, -0.25) is 9.78 Å². The van der Waals surface area contributed by atoms with Crippen molar-refractivity contribution in [1.29, 1.82) is 0 Å². The van der Waals surface area contributed by atoms with Crippen LogP contribution in [0.5, 0.6) is 0 Å². The number of carboxylic acids is 1. The number of carbonyl (C=O) groups is 1. The quantitative estimate of drug-likeness (QED) is 0.909. The molecule has 92 valence electrons. The molecular weight excluding hydrogens is 240 g/mol. The third kappa shape index (κ3) is 2.68. The van der Waals surface area contributed by atoms with E-state index in [0.29, 0.717) is 11.1 Å². The molecule has 0 fully saturated rings. The number of hydrogen-bond donors (Lipinski definition) is 1. The van der Waals surface area contributed by atoms with E-state index in [1.807, 2.05) is 0 Å². The number of aromatic nitrogens is 1. The highest BCUT2D eigenvalue weighted by Crippen LogP contribution is 2.24. The van der Waals surface area contributed by atoms with E-state index in [4.69, 9.17) is 5.11 Å². The molecule has 0 aliphatic carbocycles. The van der Waals surface area contributed by atoms with Crippen LogP contribution in [0.25, 0.3) is 11.1 Å². The third-order valence-corrected chi connectivity index (χ3v) is 2.41. The second-order valence-electron chi connectivity index (χ2n) is 3.73. The average molecular weight is 249 g/mol. The maximum atomic E-state index is 13.2. The lowest BCUT2D eigenvalue weighted by Crippen LogP contribution is -2.04. The number of halogens is 2. The van der Waals surface area contributed by atoms with Gasteiger partial charge in [0, 0.05) is 5.56 Å². The van der Waals surface area contributed by atoms with Gasteiger partial charge in [-0.2, -0.15) is 0 Å². The van der Waals surface area contributed by atoms with Crippen molar-refractivity contribution in [2.75, 3.05) is 0 Å². The topological polar surface area (TPSA) is 50.2 Å². The number of rotatable bonds is 3. The Kier molecular flexibility index (Phi) is 3.32. The van der Waals surface area contributed by atoms with Crippen molar-refractivity contribution in [2.24, 2.45) is 0 Å². The van der Waals surface area contributed by atoms with Gasteiger partial charge in [0.2, 0.25) is 0 Å². The molecule has 0 unspecified atom stereocenters. The minimum absolute atomic E-state index is 0.246. The molecule has 0 amide bonds. The molecule has 2 rings (SSSR count). The minimum Gasteiger partial charge on any atom is -0.481 e. The summed E-state index contributed by atoms with van der Waals surface area (Å²) in [6.45, 7) is 0.